The van der Waals surface area contributed by atoms with Gasteiger partial charge in [-0.15, -0.1) is 0 Å². The van der Waals surface area contributed by atoms with E-state index >= 15 is 0 Å². The minimum absolute atomic E-state index is 0.0690. The Bertz CT molecular complexity index is 631. The lowest BCUT2D eigenvalue weighted by molar-refractivity contribution is 0.0954. The molecular formula is C14H14F2N4O. The van der Waals surface area contributed by atoms with Gasteiger partial charge in [0, 0.05) is 18.7 Å². The van der Waals surface area contributed by atoms with Crippen molar-refractivity contribution < 1.29 is 13.6 Å². The molecule has 0 fully saturated rings. The van der Waals surface area contributed by atoms with E-state index in [0.717, 1.165) is 12.1 Å². The highest BCUT2D eigenvalue weighted by Gasteiger charge is 2.08. The summed E-state index contributed by atoms with van der Waals surface area (Å²) in [6, 6.07) is 6.42. The number of anilines is 2. The number of nitrogens with two attached hydrogens (primary N) is 1. The number of nitrogens with zero attached hydrogens (tertiary/aromatic N) is 1. The third kappa shape index (κ3) is 4.13. The van der Waals surface area contributed by atoms with E-state index in [-0.39, 0.29) is 5.56 Å². The monoisotopic (exact) mass is 292 g/mol. The van der Waals surface area contributed by atoms with Gasteiger partial charge in [0.1, 0.15) is 5.82 Å². The molecule has 0 unspecified atom stereocenters. The van der Waals surface area contributed by atoms with Crippen LogP contribution in [-0.2, 0) is 0 Å². The molecule has 0 aliphatic carbocycles. The highest BCUT2D eigenvalue weighted by atomic mass is 19.2. The van der Waals surface area contributed by atoms with Crippen LogP contribution in [0.3, 0.4) is 0 Å². The van der Waals surface area contributed by atoms with Crippen molar-refractivity contribution in [2.24, 2.45) is 0 Å². The molecule has 0 atom stereocenters. The Labute approximate surface area is 120 Å². The summed E-state index contributed by atoms with van der Waals surface area (Å²) in [6.07, 6.45) is 1.52. The smallest absolute Gasteiger partial charge is 0.251 e. The van der Waals surface area contributed by atoms with Gasteiger partial charge in [-0.05, 0) is 30.3 Å². The molecule has 5 nitrogen and oxygen atoms in total. The number of carbonyl (C=O) groups is 1. The molecule has 1 aromatic heterocycles. The normalized spacial score (nSPS) is 10.2. The largest absolute Gasteiger partial charge is 0.397 e. The molecule has 2 rings (SSSR count). The molecule has 1 heterocycles. The minimum atomic E-state index is -1.05. The predicted octanol–water partition coefficient (Wildman–Crippen LogP) is 1.78. The zero-order chi connectivity index (χ0) is 15.2. The number of benzene rings is 1. The maximum absolute atomic E-state index is 13.0. The van der Waals surface area contributed by atoms with Gasteiger partial charge < -0.3 is 16.4 Å². The van der Waals surface area contributed by atoms with E-state index in [0.29, 0.717) is 24.6 Å². The summed E-state index contributed by atoms with van der Waals surface area (Å²) in [5.41, 5.74) is 6.14. The molecule has 0 aliphatic rings. The van der Waals surface area contributed by atoms with Crippen molar-refractivity contribution in [1.29, 1.82) is 0 Å². The molecule has 2 aromatic rings. The van der Waals surface area contributed by atoms with Crippen LogP contribution in [-0.4, -0.2) is 24.0 Å². The summed E-state index contributed by atoms with van der Waals surface area (Å²) < 4.78 is 25.7. The Kier molecular flexibility index (Phi) is 4.65. The van der Waals surface area contributed by atoms with E-state index in [2.05, 4.69) is 15.6 Å². The number of nitrogens with one attached hydrogen (secondary N) is 2. The van der Waals surface area contributed by atoms with Gasteiger partial charge in [0.05, 0.1) is 11.9 Å². The fraction of sp³-hybridized carbons (Fsp3) is 0.143. The van der Waals surface area contributed by atoms with E-state index in [9.17, 15) is 13.6 Å². The quantitative estimate of drug-likeness (QED) is 0.734. The van der Waals surface area contributed by atoms with Crippen LogP contribution in [0.4, 0.5) is 20.3 Å². The average molecular weight is 292 g/mol. The molecule has 110 valence electrons. The van der Waals surface area contributed by atoms with Crippen molar-refractivity contribution in [3.8, 4) is 0 Å². The molecular weight excluding hydrogens is 278 g/mol. The summed E-state index contributed by atoms with van der Waals surface area (Å²) in [6.45, 7) is 0.746. The lowest BCUT2D eigenvalue weighted by atomic mass is 10.2. The van der Waals surface area contributed by atoms with E-state index in [1.165, 1.54) is 12.3 Å². The molecule has 1 amide bonds. The van der Waals surface area contributed by atoms with Crippen molar-refractivity contribution in [3.05, 3.63) is 53.7 Å². The Hall–Kier alpha value is -2.70. The summed E-state index contributed by atoms with van der Waals surface area (Å²) in [4.78, 5) is 15.7. The van der Waals surface area contributed by atoms with Gasteiger partial charge in [0.25, 0.3) is 5.91 Å². The number of nitrogen functional groups attached to an aromatic ring is 1. The van der Waals surface area contributed by atoms with Crippen LogP contribution in [0.5, 0.6) is 0 Å². The molecule has 0 saturated carbocycles. The van der Waals surface area contributed by atoms with Gasteiger partial charge in [-0.3, -0.25) is 4.79 Å². The standard InChI is InChI=1S/C14H14F2N4O/c15-11-3-1-9(7-12(11)16)14(21)19-6-5-18-13-4-2-10(17)8-20-13/h1-4,7-8H,5-6,17H2,(H,18,20)(H,19,21). The number of halogens is 2. The second-order valence-electron chi connectivity index (χ2n) is 4.29. The summed E-state index contributed by atoms with van der Waals surface area (Å²) >= 11 is 0. The van der Waals surface area contributed by atoms with Crippen LogP contribution >= 0.6 is 0 Å². The zero-order valence-corrected chi connectivity index (χ0v) is 11.1. The van der Waals surface area contributed by atoms with Crippen LogP contribution in [0.15, 0.2) is 36.5 Å². The molecule has 0 spiro atoms. The molecule has 21 heavy (non-hydrogen) atoms. The fourth-order valence-electron chi connectivity index (χ4n) is 1.62. The third-order valence-corrected chi connectivity index (χ3v) is 2.68. The first-order chi connectivity index (χ1) is 10.1. The molecule has 7 heteroatoms. The van der Waals surface area contributed by atoms with Crippen LogP contribution in [0, 0.1) is 11.6 Å². The number of rotatable bonds is 5. The molecule has 0 radical (unpaired) electrons. The van der Waals surface area contributed by atoms with Crippen molar-refractivity contribution in [1.82, 2.24) is 10.3 Å². The summed E-state index contributed by atoms with van der Waals surface area (Å²) in [7, 11) is 0. The number of pyridine rings is 1. The van der Waals surface area contributed by atoms with Crippen molar-refractivity contribution in [2.45, 2.75) is 0 Å². The molecule has 0 bridgehead atoms. The number of amides is 1. The van der Waals surface area contributed by atoms with Crippen LogP contribution in [0.2, 0.25) is 0 Å². The average Bonchev–Trinajstić information content (AvgIpc) is 2.48. The van der Waals surface area contributed by atoms with Gasteiger partial charge in [-0.2, -0.15) is 0 Å². The van der Waals surface area contributed by atoms with Gasteiger partial charge in [0.15, 0.2) is 11.6 Å². The highest BCUT2D eigenvalue weighted by molar-refractivity contribution is 5.94. The van der Waals surface area contributed by atoms with E-state index in [1.807, 2.05) is 0 Å². The Morgan fingerprint density at radius 2 is 1.95 bits per heavy atom. The number of carbonyl (C=O) groups excluding carboxylic acids is 1. The summed E-state index contributed by atoms with van der Waals surface area (Å²) in [5.74, 6) is -1.87. The van der Waals surface area contributed by atoms with Crippen LogP contribution in [0.1, 0.15) is 10.4 Å². The second-order valence-corrected chi connectivity index (χ2v) is 4.29. The number of aromatic nitrogens is 1. The summed E-state index contributed by atoms with van der Waals surface area (Å²) in [5, 5.41) is 5.57. The van der Waals surface area contributed by atoms with Gasteiger partial charge in [-0.25, -0.2) is 13.8 Å². The maximum atomic E-state index is 13.0. The molecule has 1 aromatic carbocycles. The first-order valence-electron chi connectivity index (χ1n) is 6.25. The lowest BCUT2D eigenvalue weighted by Gasteiger charge is -2.07. The first-order valence-corrected chi connectivity index (χ1v) is 6.25. The number of hydrogen-bond donors (Lipinski definition) is 3. The third-order valence-electron chi connectivity index (χ3n) is 2.68. The topological polar surface area (TPSA) is 80.0 Å². The second kappa shape index (κ2) is 6.65. The predicted molar refractivity (Wildman–Crippen MR) is 75.8 cm³/mol. The minimum Gasteiger partial charge on any atom is -0.397 e. The molecule has 0 aliphatic heterocycles. The highest BCUT2D eigenvalue weighted by Crippen LogP contribution is 2.08. The first kappa shape index (κ1) is 14.7. The van der Waals surface area contributed by atoms with Gasteiger partial charge >= 0.3 is 0 Å². The van der Waals surface area contributed by atoms with E-state index in [4.69, 9.17) is 5.73 Å². The SMILES string of the molecule is Nc1ccc(NCCNC(=O)c2ccc(F)c(F)c2)nc1. The zero-order valence-electron chi connectivity index (χ0n) is 11.1. The van der Waals surface area contributed by atoms with Crippen LogP contribution in [0.25, 0.3) is 0 Å². The Morgan fingerprint density at radius 1 is 1.14 bits per heavy atom. The van der Waals surface area contributed by atoms with E-state index in [1.54, 1.807) is 12.1 Å². The van der Waals surface area contributed by atoms with E-state index < -0.39 is 17.5 Å². The maximum Gasteiger partial charge on any atom is 0.251 e. The van der Waals surface area contributed by atoms with Crippen molar-refractivity contribution in [3.63, 3.8) is 0 Å². The molecule has 0 saturated heterocycles. The molecule has 4 N–H and O–H groups in total. The van der Waals surface area contributed by atoms with Gasteiger partial charge in [0.2, 0.25) is 0 Å². The lowest BCUT2D eigenvalue weighted by Crippen LogP contribution is -2.29. The van der Waals surface area contributed by atoms with Crippen LogP contribution < -0.4 is 16.4 Å². The Morgan fingerprint density at radius 3 is 2.62 bits per heavy atom. The Balaban J connectivity index is 1.79. The fourth-order valence-corrected chi connectivity index (χ4v) is 1.62. The van der Waals surface area contributed by atoms with Crippen molar-refractivity contribution >= 4 is 17.4 Å². The van der Waals surface area contributed by atoms with Gasteiger partial charge in [-0.1, -0.05) is 0 Å². The van der Waals surface area contributed by atoms with Crippen molar-refractivity contribution in [2.75, 3.05) is 24.1 Å². The number of hydrogen-bond acceptors (Lipinski definition) is 4.